The van der Waals surface area contributed by atoms with Crippen molar-refractivity contribution in [2.24, 2.45) is 0 Å². The molecule has 2 rings (SSSR count). The Hall–Kier alpha value is -1.84. The lowest BCUT2D eigenvalue weighted by Gasteiger charge is -2.33. The van der Waals surface area contributed by atoms with Crippen molar-refractivity contribution in [1.82, 2.24) is 4.90 Å². The Kier molecular flexibility index (Phi) is 7.88. The highest BCUT2D eigenvalue weighted by molar-refractivity contribution is 5.93. The summed E-state index contributed by atoms with van der Waals surface area (Å²) in [6.45, 7) is 10.7. The molecule has 0 aliphatic heterocycles. The summed E-state index contributed by atoms with van der Waals surface area (Å²) in [6, 6.07) is 6.56. The molecule has 150 valence electrons. The number of hydrogen-bond donors (Lipinski definition) is 1. The minimum atomic E-state index is -0.00735. The van der Waals surface area contributed by atoms with Crippen molar-refractivity contribution in [3.63, 3.8) is 0 Å². The average molecular weight is 373 g/mol. The second kappa shape index (κ2) is 9.91. The van der Waals surface area contributed by atoms with Crippen LogP contribution in [-0.2, 0) is 9.59 Å². The molecule has 1 aromatic rings. The molecule has 0 aromatic heterocycles. The van der Waals surface area contributed by atoms with Gasteiger partial charge in [0.2, 0.25) is 11.8 Å². The summed E-state index contributed by atoms with van der Waals surface area (Å²) >= 11 is 0. The molecule has 1 N–H and O–H groups in total. The van der Waals surface area contributed by atoms with Gasteiger partial charge < -0.3 is 10.2 Å². The fraction of sp³-hybridized carbons (Fsp3) is 0.652. The maximum atomic E-state index is 12.7. The van der Waals surface area contributed by atoms with Gasteiger partial charge in [-0.05, 0) is 35.8 Å². The molecule has 0 radical (unpaired) electrons. The second-order valence-electron chi connectivity index (χ2n) is 8.42. The van der Waals surface area contributed by atoms with Gasteiger partial charge in [-0.15, -0.1) is 0 Å². The molecule has 1 fully saturated rings. The van der Waals surface area contributed by atoms with Crippen LogP contribution in [0.3, 0.4) is 0 Å². The van der Waals surface area contributed by atoms with Gasteiger partial charge in [-0.2, -0.15) is 0 Å². The Labute approximate surface area is 164 Å². The summed E-state index contributed by atoms with van der Waals surface area (Å²) in [5, 5.41) is 3.16. The smallest absolute Gasteiger partial charge is 0.226 e. The van der Waals surface area contributed by atoms with E-state index in [9.17, 15) is 9.59 Å². The van der Waals surface area contributed by atoms with Crippen LogP contribution in [0.25, 0.3) is 0 Å². The van der Waals surface area contributed by atoms with Gasteiger partial charge in [-0.3, -0.25) is 9.59 Å². The third-order valence-corrected chi connectivity index (χ3v) is 5.64. The molecule has 4 heteroatoms. The average Bonchev–Trinajstić information content (AvgIpc) is 2.62. The molecule has 27 heavy (non-hydrogen) atoms. The Bertz CT molecular complexity index is 620. The van der Waals surface area contributed by atoms with E-state index in [0.717, 1.165) is 18.5 Å². The maximum Gasteiger partial charge on any atom is 0.226 e. The van der Waals surface area contributed by atoms with Crippen molar-refractivity contribution in [3.05, 3.63) is 29.3 Å². The van der Waals surface area contributed by atoms with Crippen molar-refractivity contribution >= 4 is 17.5 Å². The van der Waals surface area contributed by atoms with Crippen LogP contribution in [0.15, 0.2) is 18.2 Å². The van der Waals surface area contributed by atoms with Crippen LogP contribution in [0.5, 0.6) is 0 Å². The van der Waals surface area contributed by atoms with Gasteiger partial charge in [0.15, 0.2) is 0 Å². The number of para-hydroxylation sites is 1. The van der Waals surface area contributed by atoms with Crippen LogP contribution in [-0.4, -0.2) is 29.3 Å². The van der Waals surface area contributed by atoms with E-state index in [2.05, 4.69) is 51.2 Å². The van der Waals surface area contributed by atoms with E-state index in [0.29, 0.717) is 30.8 Å². The Morgan fingerprint density at radius 3 is 2.07 bits per heavy atom. The van der Waals surface area contributed by atoms with E-state index >= 15 is 0 Å². The summed E-state index contributed by atoms with van der Waals surface area (Å²) in [4.78, 5) is 26.7. The second-order valence-corrected chi connectivity index (χ2v) is 8.42. The third-order valence-electron chi connectivity index (χ3n) is 5.64. The van der Waals surface area contributed by atoms with E-state index in [4.69, 9.17) is 0 Å². The minimum absolute atomic E-state index is 0.00735. The molecule has 1 aliphatic carbocycles. The first-order valence-corrected chi connectivity index (χ1v) is 10.5. The number of benzene rings is 1. The van der Waals surface area contributed by atoms with Gasteiger partial charge in [-0.25, -0.2) is 0 Å². The van der Waals surface area contributed by atoms with E-state index in [1.807, 2.05) is 4.90 Å². The molecule has 0 heterocycles. The van der Waals surface area contributed by atoms with Crippen LogP contribution >= 0.6 is 0 Å². The first-order chi connectivity index (χ1) is 12.8. The molecular weight excluding hydrogens is 336 g/mol. The highest BCUT2D eigenvalue weighted by atomic mass is 16.2. The van der Waals surface area contributed by atoms with Crippen molar-refractivity contribution in [3.8, 4) is 0 Å². The number of carbonyl (C=O) groups is 2. The number of hydrogen-bond acceptors (Lipinski definition) is 2. The number of amides is 2. The standard InChI is InChI=1S/C23H36N2O2/c1-16(2)20-12-9-13-21(17(3)4)23(20)24-22(27)14-15-25(18(5)26)19-10-7-6-8-11-19/h9,12-13,16-17,19H,6-8,10-11,14-15H2,1-5H3,(H,24,27). The molecule has 1 aromatic carbocycles. The summed E-state index contributed by atoms with van der Waals surface area (Å²) in [5.74, 6) is 0.761. The Balaban J connectivity index is 2.07. The lowest BCUT2D eigenvalue weighted by atomic mass is 9.92. The molecule has 0 bridgehead atoms. The minimum Gasteiger partial charge on any atom is -0.339 e. The normalized spacial score (nSPS) is 15.2. The largest absolute Gasteiger partial charge is 0.339 e. The monoisotopic (exact) mass is 372 g/mol. The number of nitrogens with one attached hydrogen (secondary N) is 1. The van der Waals surface area contributed by atoms with Gasteiger partial charge in [0.25, 0.3) is 0 Å². The molecule has 0 atom stereocenters. The number of carbonyl (C=O) groups excluding carboxylic acids is 2. The van der Waals surface area contributed by atoms with Crippen molar-refractivity contribution < 1.29 is 9.59 Å². The summed E-state index contributed by atoms with van der Waals surface area (Å²) in [5.41, 5.74) is 3.30. The Morgan fingerprint density at radius 1 is 1.04 bits per heavy atom. The van der Waals surface area contributed by atoms with Crippen LogP contribution in [0.1, 0.15) is 96.1 Å². The fourth-order valence-corrected chi connectivity index (χ4v) is 4.11. The zero-order chi connectivity index (χ0) is 20.0. The van der Waals surface area contributed by atoms with E-state index in [1.165, 1.54) is 30.4 Å². The maximum absolute atomic E-state index is 12.7. The fourth-order valence-electron chi connectivity index (χ4n) is 4.11. The molecule has 4 nitrogen and oxygen atoms in total. The molecule has 0 spiro atoms. The predicted octanol–water partition coefficient (Wildman–Crippen LogP) is 5.44. The SMILES string of the molecule is CC(=O)N(CCC(=O)Nc1c(C(C)C)cccc1C(C)C)C1CCCCC1. The van der Waals surface area contributed by atoms with Crippen LogP contribution in [0.2, 0.25) is 0 Å². The summed E-state index contributed by atoms with van der Waals surface area (Å²) in [7, 11) is 0. The lowest BCUT2D eigenvalue weighted by Crippen LogP contribution is -2.41. The quantitative estimate of drug-likeness (QED) is 0.692. The van der Waals surface area contributed by atoms with Crippen LogP contribution in [0.4, 0.5) is 5.69 Å². The highest BCUT2D eigenvalue weighted by Gasteiger charge is 2.24. The first kappa shape index (κ1) is 21.5. The van der Waals surface area contributed by atoms with E-state index in [-0.39, 0.29) is 11.8 Å². The molecular formula is C23H36N2O2. The topological polar surface area (TPSA) is 49.4 Å². The van der Waals surface area contributed by atoms with Crippen LogP contribution in [0, 0.1) is 0 Å². The van der Waals surface area contributed by atoms with Gasteiger partial charge in [0.05, 0.1) is 0 Å². The Morgan fingerprint density at radius 2 is 1.59 bits per heavy atom. The number of anilines is 1. The van der Waals surface area contributed by atoms with Gasteiger partial charge in [0.1, 0.15) is 0 Å². The van der Waals surface area contributed by atoms with Gasteiger partial charge in [0, 0.05) is 31.6 Å². The van der Waals surface area contributed by atoms with Crippen molar-refractivity contribution in [1.29, 1.82) is 0 Å². The lowest BCUT2D eigenvalue weighted by molar-refractivity contribution is -0.132. The summed E-state index contributed by atoms with van der Waals surface area (Å²) < 4.78 is 0. The van der Waals surface area contributed by atoms with E-state index in [1.54, 1.807) is 6.92 Å². The van der Waals surface area contributed by atoms with E-state index < -0.39 is 0 Å². The van der Waals surface area contributed by atoms with Gasteiger partial charge in [-0.1, -0.05) is 65.2 Å². The molecule has 0 saturated heterocycles. The molecule has 0 unspecified atom stereocenters. The van der Waals surface area contributed by atoms with Crippen LogP contribution < -0.4 is 5.32 Å². The van der Waals surface area contributed by atoms with Gasteiger partial charge >= 0.3 is 0 Å². The third kappa shape index (κ3) is 5.82. The summed E-state index contributed by atoms with van der Waals surface area (Å²) in [6.07, 6.45) is 6.09. The van der Waals surface area contributed by atoms with Crippen molar-refractivity contribution in [2.45, 2.75) is 91.0 Å². The zero-order valence-electron chi connectivity index (χ0n) is 17.7. The van der Waals surface area contributed by atoms with Crippen molar-refractivity contribution in [2.75, 3.05) is 11.9 Å². The molecule has 2 amide bonds. The molecule has 1 aliphatic rings. The number of rotatable bonds is 7. The number of nitrogens with zero attached hydrogens (tertiary/aromatic N) is 1. The first-order valence-electron chi connectivity index (χ1n) is 10.5. The highest BCUT2D eigenvalue weighted by Crippen LogP contribution is 2.32. The zero-order valence-corrected chi connectivity index (χ0v) is 17.7. The molecule has 1 saturated carbocycles. The predicted molar refractivity (Wildman–Crippen MR) is 112 cm³/mol.